The van der Waals surface area contributed by atoms with Gasteiger partial charge in [0.2, 0.25) is 0 Å². The van der Waals surface area contributed by atoms with Gasteiger partial charge in [-0.1, -0.05) is 99.7 Å². The molecule has 4 aromatic carbocycles. The van der Waals surface area contributed by atoms with E-state index in [9.17, 15) is 19.5 Å². The molecule has 0 fully saturated rings. The molecule has 0 aliphatic rings. The van der Waals surface area contributed by atoms with Crippen molar-refractivity contribution >= 4 is 17.5 Å². The van der Waals surface area contributed by atoms with Gasteiger partial charge in [0.25, 0.3) is 0 Å². The second-order valence-electron chi connectivity index (χ2n) is 9.79. The van der Waals surface area contributed by atoms with Gasteiger partial charge >= 0.3 is 5.97 Å². The Morgan fingerprint density at radius 2 is 1.27 bits per heavy atom. The van der Waals surface area contributed by atoms with Gasteiger partial charge in [0, 0.05) is 22.8 Å². The van der Waals surface area contributed by atoms with E-state index in [2.05, 4.69) is 6.92 Å². The van der Waals surface area contributed by atoms with Crippen LogP contribution in [0.4, 0.5) is 0 Å². The molecule has 1 N–H and O–H groups in total. The lowest BCUT2D eigenvalue weighted by atomic mass is 10.0. The van der Waals surface area contributed by atoms with E-state index < -0.39 is 5.97 Å². The number of carbonyl (C=O) groups is 3. The van der Waals surface area contributed by atoms with E-state index in [0.29, 0.717) is 23.5 Å². The molecule has 0 unspecified atom stereocenters. The summed E-state index contributed by atoms with van der Waals surface area (Å²) in [6.45, 7) is 2.68. The van der Waals surface area contributed by atoms with Gasteiger partial charge in [-0.2, -0.15) is 0 Å². The van der Waals surface area contributed by atoms with Crippen molar-refractivity contribution in [2.24, 2.45) is 0 Å². The van der Waals surface area contributed by atoms with Crippen LogP contribution in [0.1, 0.15) is 87.6 Å². The first kappa shape index (κ1) is 29.3. The molecular formula is C35H34O6. The summed E-state index contributed by atoms with van der Waals surface area (Å²) in [6.07, 6.45) is 6.73. The Morgan fingerprint density at radius 1 is 0.634 bits per heavy atom. The number of ether oxygens (including phenoxy) is 2. The quantitative estimate of drug-likeness (QED) is 0.0745. The first-order chi connectivity index (χ1) is 20.0. The van der Waals surface area contributed by atoms with Crippen molar-refractivity contribution < 1.29 is 29.0 Å². The highest BCUT2D eigenvalue weighted by Gasteiger charge is 2.22. The van der Waals surface area contributed by atoms with Crippen molar-refractivity contribution in [1.29, 1.82) is 0 Å². The lowest BCUT2D eigenvalue weighted by molar-refractivity contribution is 0.0729. The van der Waals surface area contributed by atoms with Crippen molar-refractivity contribution in [2.45, 2.75) is 45.4 Å². The molecule has 0 radical (unpaired) electrons. The van der Waals surface area contributed by atoms with E-state index in [1.54, 1.807) is 66.7 Å². The van der Waals surface area contributed by atoms with Gasteiger partial charge in [-0.05, 0) is 36.8 Å². The summed E-state index contributed by atoms with van der Waals surface area (Å²) >= 11 is 0. The third kappa shape index (κ3) is 7.92. The van der Waals surface area contributed by atoms with Crippen LogP contribution in [0.3, 0.4) is 0 Å². The first-order valence-electron chi connectivity index (χ1n) is 14.0. The van der Waals surface area contributed by atoms with Crippen molar-refractivity contribution in [2.75, 3.05) is 6.61 Å². The average molecular weight is 551 g/mol. The molecule has 0 saturated heterocycles. The Balaban J connectivity index is 1.57. The topological polar surface area (TPSA) is 89.9 Å². The van der Waals surface area contributed by atoms with Gasteiger partial charge in [0.05, 0.1) is 12.2 Å². The molecule has 6 heteroatoms. The number of carbonyl (C=O) groups excluding carboxylic acids is 3. The summed E-state index contributed by atoms with van der Waals surface area (Å²) in [7, 11) is 0. The number of phenols is 1. The van der Waals surface area contributed by atoms with Crippen LogP contribution in [0.5, 0.6) is 17.2 Å². The van der Waals surface area contributed by atoms with E-state index in [1.807, 2.05) is 6.07 Å². The fourth-order valence-corrected chi connectivity index (χ4v) is 4.43. The smallest absolute Gasteiger partial charge is 0.347 e. The Labute approximate surface area is 240 Å². The number of benzene rings is 4. The Bertz CT molecular complexity index is 1480. The maximum atomic E-state index is 13.3. The number of ketones is 2. The standard InChI is InChI=1S/C35H34O6/c1-2-3-4-5-6-13-22-40-28-19-20-29(34(38)26-16-11-8-12-17-26)32(24-28)41-35(39)30-23-27(18-21-31(30)36)33(37)25-14-9-7-10-15-25/h7-12,14-21,23-24,36H,2-6,13,22H2,1H3. The van der Waals surface area contributed by atoms with Crippen molar-refractivity contribution in [1.82, 2.24) is 0 Å². The minimum atomic E-state index is -0.902. The maximum Gasteiger partial charge on any atom is 0.347 e. The highest BCUT2D eigenvalue weighted by atomic mass is 16.5. The normalized spacial score (nSPS) is 10.7. The molecule has 4 rings (SSSR count). The third-order valence-corrected chi connectivity index (χ3v) is 6.72. The molecule has 4 aromatic rings. The van der Waals surface area contributed by atoms with Crippen LogP contribution < -0.4 is 9.47 Å². The first-order valence-corrected chi connectivity index (χ1v) is 14.0. The molecule has 41 heavy (non-hydrogen) atoms. The Kier molecular flexibility index (Phi) is 10.4. The number of unbranched alkanes of at least 4 members (excludes halogenated alkanes) is 5. The Morgan fingerprint density at radius 3 is 1.95 bits per heavy atom. The number of hydrogen-bond acceptors (Lipinski definition) is 6. The summed E-state index contributed by atoms with van der Waals surface area (Å²) in [5.74, 6) is -1.41. The van der Waals surface area contributed by atoms with E-state index in [1.165, 1.54) is 43.5 Å². The highest BCUT2D eigenvalue weighted by Crippen LogP contribution is 2.30. The number of esters is 1. The van der Waals surface area contributed by atoms with Crippen LogP contribution in [-0.2, 0) is 0 Å². The van der Waals surface area contributed by atoms with Crippen LogP contribution in [-0.4, -0.2) is 29.2 Å². The summed E-state index contributed by atoms with van der Waals surface area (Å²) in [4.78, 5) is 39.6. The molecule has 0 amide bonds. The SMILES string of the molecule is CCCCCCCCOc1ccc(C(=O)c2ccccc2)c(OC(=O)c2cc(C(=O)c3ccccc3)ccc2O)c1. The molecular weight excluding hydrogens is 516 g/mol. The van der Waals surface area contributed by atoms with E-state index in [0.717, 1.165) is 19.3 Å². The summed E-state index contributed by atoms with van der Waals surface area (Å²) < 4.78 is 11.6. The van der Waals surface area contributed by atoms with Crippen LogP contribution in [0.15, 0.2) is 97.1 Å². The van der Waals surface area contributed by atoms with Crippen LogP contribution in [0, 0.1) is 0 Å². The van der Waals surface area contributed by atoms with E-state index in [-0.39, 0.29) is 39.8 Å². The van der Waals surface area contributed by atoms with Crippen molar-refractivity contribution in [3.63, 3.8) is 0 Å². The third-order valence-electron chi connectivity index (χ3n) is 6.72. The highest BCUT2D eigenvalue weighted by molar-refractivity contribution is 6.12. The summed E-state index contributed by atoms with van der Waals surface area (Å²) in [6, 6.07) is 26.1. The lowest BCUT2D eigenvalue weighted by Gasteiger charge is -2.14. The van der Waals surface area contributed by atoms with E-state index >= 15 is 0 Å². The van der Waals surface area contributed by atoms with E-state index in [4.69, 9.17) is 9.47 Å². The minimum absolute atomic E-state index is 0.00323. The molecule has 0 aliphatic heterocycles. The molecule has 0 aromatic heterocycles. The minimum Gasteiger partial charge on any atom is -0.507 e. The summed E-state index contributed by atoms with van der Waals surface area (Å²) in [5, 5.41) is 10.5. The van der Waals surface area contributed by atoms with Crippen LogP contribution >= 0.6 is 0 Å². The van der Waals surface area contributed by atoms with Crippen molar-refractivity contribution in [3.8, 4) is 17.2 Å². The number of aromatic hydroxyl groups is 1. The van der Waals surface area contributed by atoms with Crippen LogP contribution in [0.2, 0.25) is 0 Å². The largest absolute Gasteiger partial charge is 0.507 e. The van der Waals surface area contributed by atoms with Gasteiger partial charge in [-0.25, -0.2) is 4.79 Å². The fraction of sp³-hybridized carbons (Fsp3) is 0.229. The lowest BCUT2D eigenvalue weighted by Crippen LogP contribution is -2.14. The molecule has 0 heterocycles. The second kappa shape index (κ2) is 14.6. The zero-order chi connectivity index (χ0) is 29.0. The van der Waals surface area contributed by atoms with Gasteiger partial charge in [-0.3, -0.25) is 9.59 Å². The zero-order valence-electron chi connectivity index (χ0n) is 23.2. The second-order valence-corrected chi connectivity index (χ2v) is 9.79. The molecule has 0 bridgehead atoms. The Hall–Kier alpha value is -4.71. The van der Waals surface area contributed by atoms with Gasteiger partial charge in [-0.15, -0.1) is 0 Å². The van der Waals surface area contributed by atoms with Gasteiger partial charge in [0.1, 0.15) is 22.8 Å². The molecule has 210 valence electrons. The van der Waals surface area contributed by atoms with Gasteiger partial charge in [0.15, 0.2) is 11.6 Å². The zero-order valence-corrected chi connectivity index (χ0v) is 23.2. The molecule has 6 nitrogen and oxygen atoms in total. The van der Waals surface area contributed by atoms with Crippen LogP contribution in [0.25, 0.3) is 0 Å². The monoisotopic (exact) mass is 550 g/mol. The molecule has 0 saturated carbocycles. The van der Waals surface area contributed by atoms with Crippen molar-refractivity contribution in [3.05, 3.63) is 125 Å². The summed E-state index contributed by atoms with van der Waals surface area (Å²) in [5.41, 5.74) is 1.08. The number of phenolic OH excluding ortho intramolecular Hbond substituents is 1. The average Bonchev–Trinajstić information content (AvgIpc) is 3.01. The fourth-order valence-electron chi connectivity index (χ4n) is 4.43. The maximum absolute atomic E-state index is 13.3. The molecule has 0 aliphatic carbocycles. The predicted molar refractivity (Wildman–Crippen MR) is 158 cm³/mol. The molecule has 0 spiro atoms. The predicted octanol–water partition coefficient (Wildman–Crippen LogP) is 7.81. The number of rotatable bonds is 14. The van der Waals surface area contributed by atoms with Gasteiger partial charge < -0.3 is 14.6 Å². The number of hydrogen-bond donors (Lipinski definition) is 1. The molecule has 0 atom stereocenters.